The van der Waals surface area contributed by atoms with Crippen molar-refractivity contribution in [1.29, 1.82) is 0 Å². The number of benzene rings is 1. The molecule has 0 N–H and O–H groups in total. The third kappa shape index (κ3) is 1.78. The SMILES string of the molecule is Brc1cc2c(c(-c3nc4ncccc4o3)c1)CCC2. The Hall–Kier alpha value is -1.68. The fourth-order valence-electron chi connectivity index (χ4n) is 2.74. The third-order valence-electron chi connectivity index (χ3n) is 3.58. The fraction of sp³-hybridized carbons (Fsp3) is 0.200. The van der Waals surface area contributed by atoms with Crippen LogP contribution in [0.3, 0.4) is 0 Å². The first-order chi connectivity index (χ1) is 9.31. The van der Waals surface area contributed by atoms with Crippen LogP contribution in [0.5, 0.6) is 0 Å². The van der Waals surface area contributed by atoms with Crippen molar-refractivity contribution in [3.8, 4) is 11.5 Å². The third-order valence-corrected chi connectivity index (χ3v) is 4.03. The molecule has 2 aromatic heterocycles. The molecule has 0 radical (unpaired) electrons. The Morgan fingerprint density at radius 1 is 1.21 bits per heavy atom. The molecular weight excluding hydrogens is 304 g/mol. The molecule has 0 aliphatic heterocycles. The van der Waals surface area contributed by atoms with Gasteiger partial charge in [0, 0.05) is 16.2 Å². The van der Waals surface area contributed by atoms with Crippen LogP contribution in [-0.2, 0) is 12.8 Å². The Morgan fingerprint density at radius 2 is 2.16 bits per heavy atom. The summed E-state index contributed by atoms with van der Waals surface area (Å²) in [6.07, 6.45) is 5.18. The zero-order chi connectivity index (χ0) is 12.8. The highest BCUT2D eigenvalue weighted by Crippen LogP contribution is 2.35. The van der Waals surface area contributed by atoms with Crippen molar-refractivity contribution in [2.24, 2.45) is 0 Å². The van der Waals surface area contributed by atoms with Crippen LogP contribution in [0.4, 0.5) is 0 Å². The zero-order valence-electron chi connectivity index (χ0n) is 10.2. The molecule has 0 fully saturated rings. The number of fused-ring (bicyclic) bond motifs is 2. The highest BCUT2D eigenvalue weighted by molar-refractivity contribution is 9.10. The second-order valence-electron chi connectivity index (χ2n) is 4.79. The maximum atomic E-state index is 5.84. The minimum absolute atomic E-state index is 0.671. The van der Waals surface area contributed by atoms with Crippen LogP contribution in [0.25, 0.3) is 22.7 Å². The van der Waals surface area contributed by atoms with Crippen LogP contribution in [0.1, 0.15) is 17.5 Å². The van der Waals surface area contributed by atoms with Crippen molar-refractivity contribution in [3.63, 3.8) is 0 Å². The van der Waals surface area contributed by atoms with Gasteiger partial charge >= 0.3 is 0 Å². The lowest BCUT2D eigenvalue weighted by Crippen LogP contribution is -1.89. The predicted molar refractivity (Wildman–Crippen MR) is 77.0 cm³/mol. The van der Waals surface area contributed by atoms with Gasteiger partial charge in [0.2, 0.25) is 5.89 Å². The van der Waals surface area contributed by atoms with E-state index in [1.54, 1.807) is 6.20 Å². The number of halogens is 1. The Kier molecular flexibility index (Phi) is 2.45. The first-order valence-corrected chi connectivity index (χ1v) is 7.14. The van der Waals surface area contributed by atoms with E-state index < -0.39 is 0 Å². The molecule has 0 saturated carbocycles. The van der Waals surface area contributed by atoms with E-state index >= 15 is 0 Å². The molecule has 0 saturated heterocycles. The molecule has 0 atom stereocenters. The number of hydrogen-bond donors (Lipinski definition) is 0. The molecule has 0 spiro atoms. The maximum absolute atomic E-state index is 5.84. The lowest BCUT2D eigenvalue weighted by Gasteiger charge is -2.05. The summed E-state index contributed by atoms with van der Waals surface area (Å²) in [6, 6.07) is 8.06. The van der Waals surface area contributed by atoms with Gasteiger partial charge in [0.15, 0.2) is 11.2 Å². The minimum atomic E-state index is 0.671. The summed E-state index contributed by atoms with van der Waals surface area (Å²) >= 11 is 3.57. The number of aryl methyl sites for hydroxylation is 1. The molecule has 19 heavy (non-hydrogen) atoms. The van der Waals surface area contributed by atoms with Gasteiger partial charge in [0.25, 0.3) is 0 Å². The molecule has 1 aliphatic carbocycles. The van der Waals surface area contributed by atoms with E-state index in [4.69, 9.17) is 4.42 Å². The summed E-state index contributed by atoms with van der Waals surface area (Å²) in [4.78, 5) is 8.73. The standard InChI is InChI=1S/C15H11BrN2O/c16-10-7-9-3-1-4-11(9)12(8-10)15-18-14-13(19-15)5-2-6-17-14/h2,5-8H,1,3-4H2. The highest BCUT2D eigenvalue weighted by atomic mass is 79.9. The van der Waals surface area contributed by atoms with Crippen molar-refractivity contribution in [2.75, 3.05) is 0 Å². The van der Waals surface area contributed by atoms with E-state index in [-0.39, 0.29) is 0 Å². The van der Waals surface area contributed by atoms with Gasteiger partial charge in [-0.3, -0.25) is 0 Å². The smallest absolute Gasteiger partial charge is 0.229 e. The van der Waals surface area contributed by atoms with Crippen LogP contribution >= 0.6 is 15.9 Å². The van der Waals surface area contributed by atoms with Crippen molar-refractivity contribution in [3.05, 3.63) is 46.1 Å². The van der Waals surface area contributed by atoms with Crippen molar-refractivity contribution in [1.82, 2.24) is 9.97 Å². The van der Waals surface area contributed by atoms with Crippen LogP contribution in [0, 0.1) is 0 Å². The minimum Gasteiger partial charge on any atom is -0.434 e. The molecule has 3 aromatic rings. The lowest BCUT2D eigenvalue weighted by molar-refractivity contribution is 0.618. The number of oxazole rings is 1. The summed E-state index contributed by atoms with van der Waals surface area (Å²) in [7, 11) is 0. The lowest BCUT2D eigenvalue weighted by atomic mass is 10.0. The Morgan fingerprint density at radius 3 is 3.05 bits per heavy atom. The number of aromatic nitrogens is 2. The van der Waals surface area contributed by atoms with Gasteiger partial charge in [0.1, 0.15) is 0 Å². The van der Waals surface area contributed by atoms with Crippen LogP contribution in [-0.4, -0.2) is 9.97 Å². The van der Waals surface area contributed by atoms with Crippen molar-refractivity contribution in [2.45, 2.75) is 19.3 Å². The molecule has 0 amide bonds. The summed E-state index contributed by atoms with van der Waals surface area (Å²) in [5.74, 6) is 0.674. The van der Waals surface area contributed by atoms with Gasteiger partial charge in [-0.1, -0.05) is 15.9 Å². The molecular formula is C15H11BrN2O. The largest absolute Gasteiger partial charge is 0.434 e. The van der Waals surface area contributed by atoms with E-state index in [1.165, 1.54) is 17.5 Å². The number of rotatable bonds is 1. The second-order valence-corrected chi connectivity index (χ2v) is 5.70. The van der Waals surface area contributed by atoms with E-state index in [0.717, 1.165) is 28.5 Å². The van der Waals surface area contributed by atoms with E-state index in [2.05, 4.69) is 38.0 Å². The van der Waals surface area contributed by atoms with Gasteiger partial charge in [-0.05, 0) is 54.7 Å². The quantitative estimate of drug-likeness (QED) is 0.677. The molecule has 0 unspecified atom stereocenters. The summed E-state index contributed by atoms with van der Waals surface area (Å²) in [5.41, 5.74) is 5.28. The molecule has 2 heterocycles. The number of pyridine rings is 1. The fourth-order valence-corrected chi connectivity index (χ4v) is 3.25. The Balaban J connectivity index is 1.97. The molecule has 0 bridgehead atoms. The Bertz CT molecular complexity index is 746. The monoisotopic (exact) mass is 314 g/mol. The van der Waals surface area contributed by atoms with Gasteiger partial charge in [-0.25, -0.2) is 4.98 Å². The maximum Gasteiger partial charge on any atom is 0.229 e. The van der Waals surface area contributed by atoms with Gasteiger partial charge in [-0.2, -0.15) is 4.98 Å². The topological polar surface area (TPSA) is 38.9 Å². The van der Waals surface area contributed by atoms with E-state index in [0.29, 0.717) is 11.5 Å². The first-order valence-electron chi connectivity index (χ1n) is 6.34. The van der Waals surface area contributed by atoms with Gasteiger partial charge < -0.3 is 4.42 Å². The summed E-state index contributed by atoms with van der Waals surface area (Å²) in [5, 5.41) is 0. The molecule has 1 aromatic carbocycles. The summed E-state index contributed by atoms with van der Waals surface area (Å²) < 4.78 is 6.92. The van der Waals surface area contributed by atoms with E-state index in [1.807, 2.05) is 12.1 Å². The summed E-state index contributed by atoms with van der Waals surface area (Å²) in [6.45, 7) is 0. The molecule has 94 valence electrons. The molecule has 4 heteroatoms. The normalized spacial score (nSPS) is 13.9. The van der Waals surface area contributed by atoms with Crippen LogP contribution < -0.4 is 0 Å². The zero-order valence-corrected chi connectivity index (χ0v) is 11.8. The highest BCUT2D eigenvalue weighted by Gasteiger charge is 2.20. The number of hydrogen-bond acceptors (Lipinski definition) is 3. The molecule has 4 rings (SSSR count). The predicted octanol–water partition coefficient (Wildman–Crippen LogP) is 4.14. The molecule has 3 nitrogen and oxygen atoms in total. The van der Waals surface area contributed by atoms with Crippen molar-refractivity contribution >= 4 is 27.2 Å². The Labute approximate surface area is 118 Å². The van der Waals surface area contributed by atoms with Gasteiger partial charge in [0.05, 0.1) is 0 Å². The molecule has 1 aliphatic rings. The van der Waals surface area contributed by atoms with E-state index in [9.17, 15) is 0 Å². The average Bonchev–Trinajstić information content (AvgIpc) is 3.03. The van der Waals surface area contributed by atoms with Gasteiger partial charge in [-0.15, -0.1) is 0 Å². The second kappa shape index (κ2) is 4.17. The van der Waals surface area contributed by atoms with Crippen LogP contribution in [0.2, 0.25) is 0 Å². The average molecular weight is 315 g/mol. The van der Waals surface area contributed by atoms with Crippen molar-refractivity contribution < 1.29 is 4.42 Å². The number of nitrogens with zero attached hydrogens (tertiary/aromatic N) is 2. The first kappa shape index (κ1) is 11.2. The van der Waals surface area contributed by atoms with Crippen LogP contribution in [0.15, 0.2) is 39.4 Å².